The summed E-state index contributed by atoms with van der Waals surface area (Å²) in [5, 5.41) is 8.39. The van der Waals surface area contributed by atoms with Gasteiger partial charge in [-0.2, -0.15) is 0 Å². The molecule has 0 aromatic heterocycles. The molecule has 0 aliphatic carbocycles. The molecule has 0 heterocycles. The van der Waals surface area contributed by atoms with Gasteiger partial charge >= 0.3 is 0 Å². The molecule has 0 unspecified atom stereocenters. The molecule has 2 aromatic rings. The number of fused-ring (bicyclic) bond motifs is 1. The third-order valence-corrected chi connectivity index (χ3v) is 3.10. The van der Waals surface area contributed by atoms with E-state index in [0.29, 0.717) is 6.42 Å². The third kappa shape index (κ3) is 4.07. The lowest BCUT2D eigenvalue weighted by molar-refractivity contribution is -0.120. The van der Waals surface area contributed by atoms with Crippen LogP contribution in [-0.2, 0) is 11.2 Å². The van der Waals surface area contributed by atoms with E-state index in [1.54, 1.807) is 0 Å². The molecule has 3 heteroatoms. The zero-order chi connectivity index (χ0) is 13.5. The van der Waals surface area contributed by atoms with Crippen molar-refractivity contribution in [2.45, 2.75) is 12.8 Å². The number of nitrogens with one attached hydrogen (secondary N) is 2. The van der Waals surface area contributed by atoms with Crippen LogP contribution in [0, 0.1) is 0 Å². The second-order valence-corrected chi connectivity index (χ2v) is 4.67. The minimum absolute atomic E-state index is 0.0892. The fourth-order valence-corrected chi connectivity index (χ4v) is 2.09. The minimum atomic E-state index is 0.0892. The average Bonchev–Trinajstić information content (AvgIpc) is 2.43. The van der Waals surface area contributed by atoms with Gasteiger partial charge in [0.05, 0.1) is 6.42 Å². The highest BCUT2D eigenvalue weighted by Crippen LogP contribution is 2.15. The van der Waals surface area contributed by atoms with Crippen molar-refractivity contribution in [1.29, 1.82) is 0 Å². The molecule has 0 aliphatic heterocycles. The molecule has 0 fully saturated rings. The lowest BCUT2D eigenvalue weighted by Gasteiger charge is -2.06. The second-order valence-electron chi connectivity index (χ2n) is 4.67. The van der Waals surface area contributed by atoms with Gasteiger partial charge in [-0.3, -0.25) is 4.79 Å². The summed E-state index contributed by atoms with van der Waals surface area (Å²) < 4.78 is 0. The van der Waals surface area contributed by atoms with Crippen molar-refractivity contribution < 1.29 is 4.79 Å². The van der Waals surface area contributed by atoms with E-state index >= 15 is 0 Å². The maximum absolute atomic E-state index is 11.8. The Morgan fingerprint density at radius 3 is 2.63 bits per heavy atom. The van der Waals surface area contributed by atoms with Crippen molar-refractivity contribution in [2.24, 2.45) is 0 Å². The van der Waals surface area contributed by atoms with Gasteiger partial charge in [-0.15, -0.1) is 0 Å². The Balaban J connectivity index is 1.91. The van der Waals surface area contributed by atoms with Crippen molar-refractivity contribution in [3.8, 4) is 0 Å². The molecule has 0 bridgehead atoms. The Hall–Kier alpha value is -1.87. The quantitative estimate of drug-likeness (QED) is 0.777. The molecule has 2 aromatic carbocycles. The van der Waals surface area contributed by atoms with Crippen molar-refractivity contribution >= 4 is 16.7 Å². The first-order valence-electron chi connectivity index (χ1n) is 6.68. The zero-order valence-corrected chi connectivity index (χ0v) is 11.3. The fraction of sp³-hybridized carbons (Fsp3) is 0.312. The van der Waals surface area contributed by atoms with Gasteiger partial charge in [0.15, 0.2) is 0 Å². The minimum Gasteiger partial charge on any atom is -0.356 e. The standard InChI is InChI=1S/C16H20N2O/c1-17-9-4-10-18-16(19)12-13-7-8-14-5-2-3-6-15(14)11-13/h2-3,5-8,11,17H,4,9-10,12H2,1H3,(H,18,19). The molecule has 100 valence electrons. The highest BCUT2D eigenvalue weighted by molar-refractivity contribution is 5.85. The Morgan fingerprint density at radius 1 is 1.05 bits per heavy atom. The molecule has 0 atom stereocenters. The van der Waals surface area contributed by atoms with Gasteiger partial charge in [-0.25, -0.2) is 0 Å². The summed E-state index contributed by atoms with van der Waals surface area (Å²) in [5.41, 5.74) is 1.06. The van der Waals surface area contributed by atoms with Crippen LogP contribution >= 0.6 is 0 Å². The predicted octanol–water partition coefficient (Wildman–Crippen LogP) is 2.11. The monoisotopic (exact) mass is 256 g/mol. The van der Waals surface area contributed by atoms with Crippen LogP contribution in [0.15, 0.2) is 42.5 Å². The third-order valence-electron chi connectivity index (χ3n) is 3.10. The average molecular weight is 256 g/mol. The molecule has 0 aliphatic rings. The van der Waals surface area contributed by atoms with E-state index < -0.39 is 0 Å². The normalized spacial score (nSPS) is 10.6. The van der Waals surface area contributed by atoms with Crippen LogP contribution in [0.25, 0.3) is 10.8 Å². The number of hydrogen-bond acceptors (Lipinski definition) is 2. The van der Waals surface area contributed by atoms with Gasteiger partial charge < -0.3 is 10.6 Å². The number of benzene rings is 2. The molecule has 19 heavy (non-hydrogen) atoms. The molecule has 3 nitrogen and oxygen atoms in total. The summed E-state index contributed by atoms with van der Waals surface area (Å²) in [5.74, 6) is 0.0892. The van der Waals surface area contributed by atoms with E-state index in [1.165, 1.54) is 10.8 Å². The topological polar surface area (TPSA) is 41.1 Å². The van der Waals surface area contributed by atoms with Gasteiger partial charge in [-0.1, -0.05) is 42.5 Å². The predicted molar refractivity (Wildman–Crippen MR) is 79.2 cm³/mol. The van der Waals surface area contributed by atoms with E-state index in [1.807, 2.05) is 25.2 Å². The van der Waals surface area contributed by atoms with Crippen LogP contribution in [0.2, 0.25) is 0 Å². The van der Waals surface area contributed by atoms with Crippen LogP contribution in [0.1, 0.15) is 12.0 Å². The lowest BCUT2D eigenvalue weighted by Crippen LogP contribution is -2.27. The van der Waals surface area contributed by atoms with Crippen molar-refractivity contribution in [1.82, 2.24) is 10.6 Å². The van der Waals surface area contributed by atoms with E-state index in [-0.39, 0.29) is 5.91 Å². The van der Waals surface area contributed by atoms with Crippen LogP contribution < -0.4 is 10.6 Å². The van der Waals surface area contributed by atoms with Gasteiger partial charge in [0.2, 0.25) is 5.91 Å². The van der Waals surface area contributed by atoms with Crippen LogP contribution in [0.5, 0.6) is 0 Å². The summed E-state index contributed by atoms with van der Waals surface area (Å²) >= 11 is 0. The SMILES string of the molecule is CNCCCNC(=O)Cc1ccc2ccccc2c1. The Bertz CT molecular complexity index is 551. The maximum atomic E-state index is 11.8. The van der Waals surface area contributed by atoms with Crippen LogP contribution in [0.3, 0.4) is 0 Å². The first-order chi connectivity index (χ1) is 9.29. The molecule has 2 N–H and O–H groups in total. The Kier molecular flexibility index (Phi) is 4.93. The molecule has 0 saturated carbocycles. The molecular formula is C16H20N2O. The number of carbonyl (C=O) groups excluding carboxylic acids is 1. The molecular weight excluding hydrogens is 236 g/mol. The Morgan fingerprint density at radius 2 is 1.84 bits per heavy atom. The van der Waals surface area contributed by atoms with Crippen molar-refractivity contribution in [3.63, 3.8) is 0 Å². The Labute approximate surface area is 114 Å². The second kappa shape index (κ2) is 6.90. The molecule has 0 saturated heterocycles. The van der Waals surface area contributed by atoms with Crippen LogP contribution in [-0.4, -0.2) is 26.0 Å². The van der Waals surface area contributed by atoms with Crippen LogP contribution in [0.4, 0.5) is 0 Å². The smallest absolute Gasteiger partial charge is 0.224 e. The number of amides is 1. The molecule has 2 rings (SSSR count). The summed E-state index contributed by atoms with van der Waals surface area (Å²) in [6, 6.07) is 14.4. The zero-order valence-electron chi connectivity index (χ0n) is 11.3. The first kappa shape index (κ1) is 13.6. The molecule has 0 spiro atoms. The first-order valence-corrected chi connectivity index (χ1v) is 6.68. The summed E-state index contributed by atoms with van der Waals surface area (Å²) in [6.45, 7) is 1.66. The molecule has 0 radical (unpaired) electrons. The van der Waals surface area contributed by atoms with E-state index in [0.717, 1.165) is 25.1 Å². The van der Waals surface area contributed by atoms with Gasteiger partial charge in [-0.05, 0) is 36.3 Å². The van der Waals surface area contributed by atoms with Gasteiger partial charge in [0, 0.05) is 6.54 Å². The van der Waals surface area contributed by atoms with Gasteiger partial charge in [0.1, 0.15) is 0 Å². The maximum Gasteiger partial charge on any atom is 0.224 e. The van der Waals surface area contributed by atoms with E-state index in [2.05, 4.69) is 34.9 Å². The van der Waals surface area contributed by atoms with E-state index in [9.17, 15) is 4.79 Å². The number of carbonyl (C=O) groups is 1. The summed E-state index contributed by atoms with van der Waals surface area (Å²) in [4.78, 5) is 11.8. The fourth-order valence-electron chi connectivity index (χ4n) is 2.09. The lowest BCUT2D eigenvalue weighted by atomic mass is 10.0. The summed E-state index contributed by atoms with van der Waals surface area (Å²) in [7, 11) is 1.91. The number of hydrogen-bond donors (Lipinski definition) is 2. The number of rotatable bonds is 6. The van der Waals surface area contributed by atoms with Gasteiger partial charge in [0.25, 0.3) is 0 Å². The van der Waals surface area contributed by atoms with Crippen molar-refractivity contribution in [3.05, 3.63) is 48.0 Å². The highest BCUT2D eigenvalue weighted by Gasteiger charge is 2.03. The van der Waals surface area contributed by atoms with Crippen molar-refractivity contribution in [2.75, 3.05) is 20.1 Å². The highest BCUT2D eigenvalue weighted by atomic mass is 16.1. The van der Waals surface area contributed by atoms with E-state index in [4.69, 9.17) is 0 Å². The summed E-state index contributed by atoms with van der Waals surface area (Å²) in [6.07, 6.45) is 1.41. The largest absolute Gasteiger partial charge is 0.356 e. The molecule has 1 amide bonds.